The zero-order chi connectivity index (χ0) is 18.3. The number of hydrogen-bond donors (Lipinski definition) is 0. The van der Waals surface area contributed by atoms with Crippen molar-refractivity contribution in [3.63, 3.8) is 0 Å². The highest BCUT2D eigenvalue weighted by Crippen LogP contribution is 2.53. The fourth-order valence-corrected chi connectivity index (χ4v) is 5.37. The van der Waals surface area contributed by atoms with Crippen LogP contribution in [-0.2, 0) is 10.8 Å². The Morgan fingerprint density at radius 1 is 0.923 bits per heavy atom. The second kappa shape index (κ2) is 4.88. The van der Waals surface area contributed by atoms with E-state index in [0.717, 1.165) is 12.1 Å². The fourth-order valence-electron chi connectivity index (χ4n) is 5.37. The van der Waals surface area contributed by atoms with Crippen LogP contribution in [0.4, 0.5) is 0 Å². The third-order valence-electron chi connectivity index (χ3n) is 6.91. The summed E-state index contributed by atoms with van der Waals surface area (Å²) in [6, 6.07) is 15.5. The van der Waals surface area contributed by atoms with Gasteiger partial charge in [0.25, 0.3) is 0 Å². The molecule has 132 valence electrons. The molecule has 1 aliphatic heterocycles. The maximum atomic E-state index is 4.93. The van der Waals surface area contributed by atoms with Crippen molar-refractivity contribution in [2.75, 3.05) is 0 Å². The molecule has 0 aliphatic carbocycles. The van der Waals surface area contributed by atoms with Gasteiger partial charge in [0, 0.05) is 33.5 Å². The van der Waals surface area contributed by atoms with E-state index in [9.17, 15) is 0 Å². The summed E-state index contributed by atoms with van der Waals surface area (Å²) in [5.41, 5.74) is 5.34. The van der Waals surface area contributed by atoms with Crippen molar-refractivity contribution in [2.24, 2.45) is 5.92 Å². The molecule has 0 saturated heterocycles. The maximum absolute atomic E-state index is 4.93. The van der Waals surface area contributed by atoms with Gasteiger partial charge >= 0.3 is 0 Å². The van der Waals surface area contributed by atoms with Gasteiger partial charge in [-0.05, 0) is 23.3 Å². The quantitative estimate of drug-likeness (QED) is 0.394. The van der Waals surface area contributed by atoms with Crippen molar-refractivity contribution >= 4 is 27.3 Å². The largest absolute Gasteiger partial charge is 0.295 e. The summed E-state index contributed by atoms with van der Waals surface area (Å²) in [4.78, 5) is 4.93. The molecule has 1 atom stereocenters. The Labute approximate surface area is 154 Å². The summed E-state index contributed by atoms with van der Waals surface area (Å²) in [7, 11) is 0. The van der Waals surface area contributed by atoms with Crippen molar-refractivity contribution in [3.05, 3.63) is 59.9 Å². The number of hydrogen-bond acceptors (Lipinski definition) is 1. The number of fused-ring (bicyclic) bond motifs is 3. The van der Waals surface area contributed by atoms with Crippen LogP contribution >= 0.6 is 0 Å². The second-order valence-electron chi connectivity index (χ2n) is 9.10. The summed E-state index contributed by atoms with van der Waals surface area (Å²) in [5.74, 6) is 0.631. The molecule has 2 aromatic carbocycles. The molecule has 1 aliphatic rings. The van der Waals surface area contributed by atoms with Gasteiger partial charge < -0.3 is 0 Å². The zero-order valence-corrected chi connectivity index (χ0v) is 16.3. The van der Waals surface area contributed by atoms with Crippen LogP contribution in [-0.4, -0.2) is 9.38 Å². The zero-order valence-electron chi connectivity index (χ0n) is 16.3. The third-order valence-corrected chi connectivity index (χ3v) is 6.91. The first kappa shape index (κ1) is 15.9. The van der Waals surface area contributed by atoms with Gasteiger partial charge in [0.05, 0.1) is 5.52 Å². The van der Waals surface area contributed by atoms with E-state index in [1.54, 1.807) is 0 Å². The summed E-state index contributed by atoms with van der Waals surface area (Å²) in [6.45, 7) is 11.9. The van der Waals surface area contributed by atoms with Crippen molar-refractivity contribution in [2.45, 2.75) is 51.9 Å². The highest BCUT2D eigenvalue weighted by Gasteiger charge is 2.49. The molecule has 2 nitrogen and oxygen atoms in total. The van der Waals surface area contributed by atoms with Gasteiger partial charge in [0.15, 0.2) is 0 Å². The number of nitrogens with zero attached hydrogens (tertiary/aromatic N) is 2. The Bertz CT molecular complexity index is 1180. The summed E-state index contributed by atoms with van der Waals surface area (Å²) < 4.78 is 2.46. The normalized spacial score (nSPS) is 21.5. The first-order chi connectivity index (χ1) is 12.4. The van der Waals surface area contributed by atoms with E-state index in [-0.39, 0.29) is 10.8 Å². The Morgan fingerprint density at radius 3 is 2.35 bits per heavy atom. The molecule has 0 spiro atoms. The molecule has 1 unspecified atom stereocenters. The first-order valence-corrected chi connectivity index (χ1v) is 9.68. The minimum Gasteiger partial charge on any atom is -0.295 e. The third kappa shape index (κ3) is 1.70. The van der Waals surface area contributed by atoms with Crippen LogP contribution in [0.15, 0.2) is 48.7 Å². The first-order valence-electron chi connectivity index (χ1n) is 9.68. The average Bonchev–Trinajstić information content (AvgIpc) is 3.06. The van der Waals surface area contributed by atoms with Crippen LogP contribution in [0.3, 0.4) is 0 Å². The molecule has 0 fully saturated rings. The standard InChI is InChI=1S/C24H26N2/c1-15(2)13-24(5)20-14-25-22-18-10-7-6-9-16(18)17-11-8-12-19(23(24,3)4)21(17)26(20)22/h6-12,14-15H,13H2,1-5H3. The van der Waals surface area contributed by atoms with Crippen LogP contribution in [0.5, 0.6) is 0 Å². The number of pyridine rings is 1. The highest BCUT2D eigenvalue weighted by molar-refractivity contribution is 6.13. The van der Waals surface area contributed by atoms with Gasteiger partial charge in [0.2, 0.25) is 0 Å². The van der Waals surface area contributed by atoms with Crippen LogP contribution in [0, 0.1) is 5.92 Å². The van der Waals surface area contributed by atoms with E-state index in [1.165, 1.54) is 32.9 Å². The molecule has 3 heterocycles. The number of rotatable bonds is 2. The molecular formula is C24H26N2. The van der Waals surface area contributed by atoms with Gasteiger partial charge in [0.1, 0.15) is 5.65 Å². The molecule has 26 heavy (non-hydrogen) atoms. The Morgan fingerprint density at radius 2 is 1.62 bits per heavy atom. The predicted octanol–water partition coefficient (Wildman–Crippen LogP) is 6.24. The summed E-state index contributed by atoms with van der Waals surface area (Å²) in [6.07, 6.45) is 3.29. The monoisotopic (exact) mass is 342 g/mol. The van der Waals surface area contributed by atoms with Crippen molar-refractivity contribution in [1.82, 2.24) is 9.38 Å². The smallest absolute Gasteiger partial charge is 0.145 e. The summed E-state index contributed by atoms with van der Waals surface area (Å²) >= 11 is 0. The van der Waals surface area contributed by atoms with E-state index >= 15 is 0 Å². The SMILES string of the molecule is CC(C)CC1(C)c2cnc3c4ccccc4c4cccc(c4n23)C1(C)C. The van der Waals surface area contributed by atoms with Gasteiger partial charge in [-0.15, -0.1) is 0 Å². The molecule has 4 aromatic rings. The maximum Gasteiger partial charge on any atom is 0.145 e. The van der Waals surface area contributed by atoms with E-state index in [2.05, 4.69) is 87.7 Å². The van der Waals surface area contributed by atoms with E-state index in [1.807, 2.05) is 0 Å². The summed E-state index contributed by atoms with van der Waals surface area (Å²) in [5, 5.41) is 3.89. The van der Waals surface area contributed by atoms with Gasteiger partial charge in [-0.3, -0.25) is 4.40 Å². The minimum atomic E-state index is 0.0438. The van der Waals surface area contributed by atoms with E-state index in [0.29, 0.717) is 5.92 Å². The molecule has 5 rings (SSSR count). The predicted molar refractivity (Wildman–Crippen MR) is 110 cm³/mol. The lowest BCUT2D eigenvalue weighted by Gasteiger charge is -2.49. The van der Waals surface area contributed by atoms with Crippen LogP contribution in [0.25, 0.3) is 27.3 Å². The lowest BCUT2D eigenvalue weighted by molar-refractivity contribution is 0.218. The number of para-hydroxylation sites is 1. The van der Waals surface area contributed by atoms with E-state index in [4.69, 9.17) is 4.98 Å². The molecule has 0 N–H and O–H groups in total. The Kier molecular flexibility index (Phi) is 2.98. The van der Waals surface area contributed by atoms with Gasteiger partial charge in [-0.1, -0.05) is 77.1 Å². The van der Waals surface area contributed by atoms with Crippen molar-refractivity contribution in [1.29, 1.82) is 0 Å². The minimum absolute atomic E-state index is 0.0438. The van der Waals surface area contributed by atoms with Crippen molar-refractivity contribution < 1.29 is 0 Å². The number of imidazole rings is 1. The lowest BCUT2D eigenvalue weighted by atomic mass is 9.57. The molecule has 2 aromatic heterocycles. The highest BCUT2D eigenvalue weighted by atomic mass is 15.0. The van der Waals surface area contributed by atoms with Crippen LogP contribution in [0.1, 0.15) is 52.3 Å². The lowest BCUT2D eigenvalue weighted by Crippen LogP contribution is -2.47. The van der Waals surface area contributed by atoms with Gasteiger partial charge in [-0.2, -0.15) is 0 Å². The Hall–Kier alpha value is -2.35. The molecule has 0 radical (unpaired) electrons. The number of benzene rings is 2. The fraction of sp³-hybridized carbons (Fsp3) is 0.375. The molecular weight excluding hydrogens is 316 g/mol. The number of aromatic nitrogens is 2. The van der Waals surface area contributed by atoms with Crippen molar-refractivity contribution in [3.8, 4) is 0 Å². The molecule has 2 heteroatoms. The Balaban J connectivity index is 2.07. The molecule has 0 amide bonds. The van der Waals surface area contributed by atoms with Gasteiger partial charge in [-0.25, -0.2) is 4.98 Å². The molecule has 0 saturated carbocycles. The topological polar surface area (TPSA) is 17.3 Å². The van der Waals surface area contributed by atoms with Crippen LogP contribution in [0.2, 0.25) is 0 Å². The van der Waals surface area contributed by atoms with E-state index < -0.39 is 0 Å². The molecule has 0 bridgehead atoms. The second-order valence-corrected chi connectivity index (χ2v) is 9.10. The average molecular weight is 342 g/mol. The van der Waals surface area contributed by atoms with Crippen LogP contribution < -0.4 is 0 Å².